The first-order valence-corrected chi connectivity index (χ1v) is 9.75. The Balaban J connectivity index is 2.35. The summed E-state index contributed by atoms with van der Waals surface area (Å²) in [5.41, 5.74) is 1.81. The van der Waals surface area contributed by atoms with E-state index in [0.717, 1.165) is 6.07 Å². The average Bonchev–Trinajstić information content (AvgIpc) is 2.97. The summed E-state index contributed by atoms with van der Waals surface area (Å²) in [5.74, 6) is -1.67. The van der Waals surface area contributed by atoms with E-state index >= 15 is 0 Å². The van der Waals surface area contributed by atoms with Gasteiger partial charge in [0.1, 0.15) is 10.7 Å². The SMILES string of the molecule is CCc1nn2c(C)c(CC(=O)O)c(C)nc2c1S(=O)(=O)c1cccc(F)c1. The molecule has 142 valence electrons. The number of sulfone groups is 1. The molecule has 3 aromatic rings. The van der Waals surface area contributed by atoms with E-state index in [1.165, 1.54) is 22.7 Å². The van der Waals surface area contributed by atoms with Crippen LogP contribution in [0.3, 0.4) is 0 Å². The van der Waals surface area contributed by atoms with Crippen LogP contribution in [0.2, 0.25) is 0 Å². The molecule has 0 bridgehead atoms. The van der Waals surface area contributed by atoms with E-state index in [2.05, 4.69) is 10.1 Å². The molecule has 0 radical (unpaired) electrons. The Kier molecular flexibility index (Phi) is 4.73. The van der Waals surface area contributed by atoms with E-state index in [-0.39, 0.29) is 21.9 Å². The largest absolute Gasteiger partial charge is 0.481 e. The number of carboxylic acid groups (broad SMARTS) is 1. The summed E-state index contributed by atoms with van der Waals surface area (Å²) in [7, 11) is -4.06. The van der Waals surface area contributed by atoms with Gasteiger partial charge in [0.15, 0.2) is 5.65 Å². The van der Waals surface area contributed by atoms with Crippen molar-refractivity contribution in [3.05, 3.63) is 52.7 Å². The number of carbonyl (C=O) groups is 1. The van der Waals surface area contributed by atoms with Gasteiger partial charge in [-0.2, -0.15) is 5.10 Å². The van der Waals surface area contributed by atoms with Crippen LogP contribution in [-0.4, -0.2) is 34.1 Å². The van der Waals surface area contributed by atoms with E-state index < -0.39 is 21.6 Å². The van der Waals surface area contributed by atoms with Crippen LogP contribution in [-0.2, 0) is 27.5 Å². The zero-order chi connectivity index (χ0) is 19.9. The fourth-order valence-electron chi connectivity index (χ4n) is 3.05. The van der Waals surface area contributed by atoms with Gasteiger partial charge in [0.05, 0.1) is 17.0 Å². The zero-order valence-corrected chi connectivity index (χ0v) is 15.8. The first kappa shape index (κ1) is 19.0. The standard InChI is InChI=1S/C18H18FN3O4S/c1-4-15-17(27(25,26)13-7-5-6-12(19)8-13)18-20-10(2)14(9-16(23)24)11(3)22(18)21-15/h5-8H,4,9H2,1-3H3,(H,23,24). The van der Waals surface area contributed by atoms with Gasteiger partial charge in [0.25, 0.3) is 0 Å². The third-order valence-electron chi connectivity index (χ3n) is 4.39. The second-order valence-electron chi connectivity index (χ2n) is 6.16. The van der Waals surface area contributed by atoms with E-state index in [1.807, 2.05) is 0 Å². The maximum absolute atomic E-state index is 13.6. The second-order valence-corrected chi connectivity index (χ2v) is 8.04. The van der Waals surface area contributed by atoms with Crippen LogP contribution in [0.5, 0.6) is 0 Å². The number of hydrogen-bond acceptors (Lipinski definition) is 5. The minimum absolute atomic E-state index is 0.0799. The average molecular weight is 391 g/mol. The van der Waals surface area contributed by atoms with Crippen molar-refractivity contribution in [3.8, 4) is 0 Å². The van der Waals surface area contributed by atoms with E-state index in [9.17, 15) is 17.6 Å². The lowest BCUT2D eigenvalue weighted by Crippen LogP contribution is -2.11. The maximum Gasteiger partial charge on any atom is 0.307 e. The minimum atomic E-state index is -4.06. The Morgan fingerprint density at radius 2 is 2.00 bits per heavy atom. The summed E-state index contributed by atoms with van der Waals surface area (Å²) in [6, 6.07) is 4.77. The highest BCUT2D eigenvalue weighted by atomic mass is 32.2. The molecule has 0 unspecified atom stereocenters. The summed E-state index contributed by atoms with van der Waals surface area (Å²) >= 11 is 0. The molecule has 1 aromatic carbocycles. The Labute approximate surface area is 155 Å². The van der Waals surface area contributed by atoms with Crippen molar-refractivity contribution in [2.75, 3.05) is 0 Å². The summed E-state index contributed by atoms with van der Waals surface area (Å²) in [5, 5.41) is 13.5. The summed E-state index contributed by atoms with van der Waals surface area (Å²) in [6.45, 7) is 5.06. The molecule has 0 spiro atoms. The lowest BCUT2D eigenvalue weighted by atomic mass is 10.1. The van der Waals surface area contributed by atoms with Crippen molar-refractivity contribution >= 4 is 21.5 Å². The third kappa shape index (κ3) is 3.18. The van der Waals surface area contributed by atoms with Gasteiger partial charge in [-0.05, 0) is 38.5 Å². The van der Waals surface area contributed by atoms with E-state index in [0.29, 0.717) is 29.1 Å². The second kappa shape index (κ2) is 6.73. The lowest BCUT2D eigenvalue weighted by Gasteiger charge is -2.10. The molecule has 0 atom stereocenters. The zero-order valence-electron chi connectivity index (χ0n) is 15.0. The first-order chi connectivity index (χ1) is 12.7. The van der Waals surface area contributed by atoms with Crippen LogP contribution in [0, 0.1) is 19.7 Å². The summed E-state index contributed by atoms with van der Waals surface area (Å²) < 4.78 is 41.3. The first-order valence-electron chi connectivity index (χ1n) is 8.27. The van der Waals surface area contributed by atoms with Crippen molar-refractivity contribution < 1.29 is 22.7 Å². The molecule has 0 saturated carbocycles. The quantitative estimate of drug-likeness (QED) is 0.717. The van der Waals surface area contributed by atoms with Gasteiger partial charge in [0, 0.05) is 17.0 Å². The number of halogens is 1. The number of carboxylic acids is 1. The highest BCUT2D eigenvalue weighted by Gasteiger charge is 2.29. The molecule has 27 heavy (non-hydrogen) atoms. The molecule has 0 aliphatic rings. The highest BCUT2D eigenvalue weighted by molar-refractivity contribution is 7.91. The van der Waals surface area contributed by atoms with Gasteiger partial charge < -0.3 is 5.11 Å². The molecule has 0 fully saturated rings. The molecule has 7 nitrogen and oxygen atoms in total. The maximum atomic E-state index is 13.6. The molecule has 2 aromatic heterocycles. The van der Waals surface area contributed by atoms with Crippen molar-refractivity contribution in [1.82, 2.24) is 14.6 Å². The normalized spacial score (nSPS) is 11.9. The number of aryl methyl sites for hydroxylation is 3. The fraction of sp³-hybridized carbons (Fsp3) is 0.278. The van der Waals surface area contributed by atoms with Crippen molar-refractivity contribution in [2.24, 2.45) is 0 Å². The Bertz CT molecular complexity index is 1170. The van der Waals surface area contributed by atoms with Crippen LogP contribution in [0.25, 0.3) is 5.65 Å². The van der Waals surface area contributed by atoms with Crippen LogP contribution < -0.4 is 0 Å². The minimum Gasteiger partial charge on any atom is -0.481 e. The molecule has 3 rings (SSSR count). The van der Waals surface area contributed by atoms with Crippen LogP contribution in [0.15, 0.2) is 34.1 Å². The van der Waals surface area contributed by atoms with Gasteiger partial charge >= 0.3 is 5.97 Å². The molecular formula is C18H18FN3O4S. The van der Waals surface area contributed by atoms with Crippen LogP contribution >= 0.6 is 0 Å². The topological polar surface area (TPSA) is 102 Å². The predicted octanol–water partition coefficient (Wildman–Crippen LogP) is 2.51. The Morgan fingerprint density at radius 3 is 2.59 bits per heavy atom. The number of aromatic nitrogens is 3. The van der Waals surface area contributed by atoms with Crippen molar-refractivity contribution in [2.45, 2.75) is 43.4 Å². The summed E-state index contributed by atoms with van der Waals surface area (Å²) in [4.78, 5) is 15.2. The molecule has 0 amide bonds. The number of benzene rings is 1. The number of rotatable bonds is 5. The Morgan fingerprint density at radius 1 is 1.30 bits per heavy atom. The van der Waals surface area contributed by atoms with E-state index in [1.54, 1.807) is 20.8 Å². The van der Waals surface area contributed by atoms with Crippen molar-refractivity contribution in [3.63, 3.8) is 0 Å². The fourth-order valence-corrected chi connectivity index (χ4v) is 4.68. The number of hydrogen-bond donors (Lipinski definition) is 1. The van der Waals surface area contributed by atoms with Crippen LogP contribution in [0.1, 0.15) is 29.6 Å². The van der Waals surface area contributed by atoms with Gasteiger partial charge in [-0.15, -0.1) is 0 Å². The van der Waals surface area contributed by atoms with Crippen LogP contribution in [0.4, 0.5) is 4.39 Å². The molecule has 9 heteroatoms. The Hall–Kier alpha value is -2.81. The smallest absolute Gasteiger partial charge is 0.307 e. The van der Waals surface area contributed by atoms with Gasteiger partial charge in [-0.1, -0.05) is 13.0 Å². The van der Waals surface area contributed by atoms with Gasteiger partial charge in [-0.25, -0.2) is 22.3 Å². The number of nitrogens with zero attached hydrogens (tertiary/aromatic N) is 3. The number of fused-ring (bicyclic) bond motifs is 1. The van der Waals surface area contributed by atoms with E-state index in [4.69, 9.17) is 5.11 Å². The van der Waals surface area contributed by atoms with Gasteiger partial charge in [0.2, 0.25) is 9.84 Å². The third-order valence-corrected chi connectivity index (χ3v) is 6.22. The number of aliphatic carboxylic acids is 1. The predicted molar refractivity (Wildman–Crippen MR) is 95.0 cm³/mol. The molecular weight excluding hydrogens is 373 g/mol. The summed E-state index contributed by atoms with van der Waals surface area (Å²) in [6.07, 6.45) is 0.0773. The molecule has 1 N–H and O–H groups in total. The van der Waals surface area contributed by atoms with Crippen molar-refractivity contribution in [1.29, 1.82) is 0 Å². The monoisotopic (exact) mass is 391 g/mol. The van der Waals surface area contributed by atoms with Gasteiger partial charge in [-0.3, -0.25) is 4.79 Å². The molecule has 0 aliphatic heterocycles. The molecule has 0 aliphatic carbocycles. The molecule has 2 heterocycles. The lowest BCUT2D eigenvalue weighted by molar-refractivity contribution is -0.136. The molecule has 0 saturated heterocycles. The highest BCUT2D eigenvalue weighted by Crippen LogP contribution is 2.30.